The number of urea groups is 1. The summed E-state index contributed by atoms with van der Waals surface area (Å²) in [5, 5.41) is 3.45. The number of aryl methyl sites for hydroxylation is 1. The Morgan fingerprint density at radius 2 is 2.13 bits per heavy atom. The zero-order chi connectivity index (χ0) is 15.8. The van der Waals surface area contributed by atoms with E-state index in [0.29, 0.717) is 17.9 Å². The summed E-state index contributed by atoms with van der Waals surface area (Å²) >= 11 is 0. The van der Waals surface area contributed by atoms with Crippen molar-refractivity contribution >= 4 is 11.7 Å². The van der Waals surface area contributed by atoms with Crippen LogP contribution in [0.25, 0.3) is 0 Å². The molecule has 3 heteroatoms. The first-order chi connectivity index (χ1) is 11.3. The van der Waals surface area contributed by atoms with Crippen molar-refractivity contribution in [3.63, 3.8) is 0 Å². The van der Waals surface area contributed by atoms with E-state index >= 15 is 0 Å². The summed E-state index contributed by atoms with van der Waals surface area (Å²) in [4.78, 5) is 15.0. The number of fused-ring (bicyclic) bond motifs is 3. The molecule has 0 saturated heterocycles. The van der Waals surface area contributed by atoms with Crippen molar-refractivity contribution in [1.29, 1.82) is 0 Å². The highest BCUT2D eigenvalue weighted by atomic mass is 16.2. The van der Waals surface area contributed by atoms with Gasteiger partial charge >= 0.3 is 6.03 Å². The van der Waals surface area contributed by atoms with E-state index in [9.17, 15) is 4.79 Å². The Hall–Kier alpha value is -1.51. The Morgan fingerprint density at radius 3 is 3.00 bits per heavy atom. The normalized spacial score (nSPS) is 32.5. The van der Waals surface area contributed by atoms with Crippen molar-refractivity contribution < 1.29 is 4.79 Å². The lowest BCUT2D eigenvalue weighted by Crippen LogP contribution is -2.52. The van der Waals surface area contributed by atoms with Crippen LogP contribution in [0.2, 0.25) is 0 Å². The summed E-state index contributed by atoms with van der Waals surface area (Å²) in [6.45, 7) is 3.13. The van der Waals surface area contributed by atoms with Crippen LogP contribution < -0.4 is 10.2 Å². The third kappa shape index (κ3) is 2.75. The fourth-order valence-corrected chi connectivity index (χ4v) is 5.23. The number of hydrogen-bond donors (Lipinski definition) is 1. The van der Waals surface area contributed by atoms with Gasteiger partial charge in [0, 0.05) is 18.3 Å². The van der Waals surface area contributed by atoms with E-state index in [1.807, 2.05) is 11.0 Å². The first-order valence-electron chi connectivity index (χ1n) is 9.42. The SMILES string of the molecule is CCC1CC2CCC(C2)C1NC(=O)N1CCCc2ccccc21. The number of benzene rings is 1. The van der Waals surface area contributed by atoms with Crippen molar-refractivity contribution in [3.8, 4) is 0 Å². The van der Waals surface area contributed by atoms with Crippen LogP contribution in [-0.2, 0) is 6.42 Å². The number of carbonyl (C=O) groups excluding carboxylic acids is 1. The van der Waals surface area contributed by atoms with Gasteiger partial charge in [-0.05, 0) is 61.5 Å². The highest BCUT2D eigenvalue weighted by Gasteiger charge is 2.42. The summed E-state index contributed by atoms with van der Waals surface area (Å²) < 4.78 is 0. The van der Waals surface area contributed by atoms with E-state index in [2.05, 4.69) is 30.4 Å². The molecule has 3 aliphatic rings. The molecule has 1 N–H and O–H groups in total. The molecule has 2 fully saturated rings. The monoisotopic (exact) mass is 312 g/mol. The molecule has 4 atom stereocenters. The molecule has 1 aromatic carbocycles. The van der Waals surface area contributed by atoms with Crippen LogP contribution in [0, 0.1) is 17.8 Å². The van der Waals surface area contributed by atoms with Crippen molar-refractivity contribution in [2.24, 2.45) is 17.8 Å². The highest BCUT2D eigenvalue weighted by molar-refractivity contribution is 5.93. The molecule has 4 unspecified atom stereocenters. The largest absolute Gasteiger partial charge is 0.334 e. The van der Waals surface area contributed by atoms with E-state index in [1.165, 1.54) is 37.7 Å². The third-order valence-electron chi connectivity index (χ3n) is 6.40. The first-order valence-corrected chi connectivity index (χ1v) is 9.42. The van der Waals surface area contributed by atoms with Gasteiger partial charge in [-0.15, -0.1) is 0 Å². The lowest BCUT2D eigenvalue weighted by molar-refractivity contribution is 0.177. The van der Waals surface area contributed by atoms with Gasteiger partial charge in [0.15, 0.2) is 0 Å². The van der Waals surface area contributed by atoms with E-state index in [1.54, 1.807) is 0 Å². The van der Waals surface area contributed by atoms with Crippen molar-refractivity contribution in [1.82, 2.24) is 5.32 Å². The van der Waals surface area contributed by atoms with Gasteiger partial charge in [0.2, 0.25) is 0 Å². The molecule has 4 rings (SSSR count). The Morgan fingerprint density at radius 1 is 1.26 bits per heavy atom. The van der Waals surface area contributed by atoms with E-state index in [0.717, 1.165) is 31.0 Å². The van der Waals surface area contributed by atoms with Gasteiger partial charge in [0.25, 0.3) is 0 Å². The first kappa shape index (κ1) is 15.0. The molecular formula is C20H28N2O. The summed E-state index contributed by atoms with van der Waals surface area (Å²) in [6.07, 6.45) is 8.67. The Kier molecular flexibility index (Phi) is 4.04. The zero-order valence-corrected chi connectivity index (χ0v) is 14.1. The quantitative estimate of drug-likeness (QED) is 0.864. The van der Waals surface area contributed by atoms with E-state index in [-0.39, 0.29) is 6.03 Å². The van der Waals surface area contributed by atoms with E-state index in [4.69, 9.17) is 0 Å². The van der Waals surface area contributed by atoms with Crippen LogP contribution in [0.5, 0.6) is 0 Å². The molecule has 1 aliphatic heterocycles. The van der Waals surface area contributed by atoms with Gasteiger partial charge in [0.1, 0.15) is 0 Å². The minimum Gasteiger partial charge on any atom is -0.334 e. The maximum absolute atomic E-state index is 13.0. The number of carbonyl (C=O) groups is 1. The average Bonchev–Trinajstić information content (AvgIpc) is 2.99. The predicted octanol–water partition coefficient (Wildman–Crippen LogP) is 4.36. The molecule has 3 nitrogen and oxygen atoms in total. The number of amides is 2. The van der Waals surface area contributed by atoms with E-state index < -0.39 is 0 Å². The van der Waals surface area contributed by atoms with Crippen LogP contribution in [0.1, 0.15) is 51.0 Å². The zero-order valence-electron chi connectivity index (χ0n) is 14.1. The highest BCUT2D eigenvalue weighted by Crippen LogP contribution is 2.45. The molecule has 23 heavy (non-hydrogen) atoms. The summed E-state index contributed by atoms with van der Waals surface area (Å²) in [6, 6.07) is 8.89. The third-order valence-corrected chi connectivity index (χ3v) is 6.40. The van der Waals surface area contributed by atoms with Gasteiger partial charge < -0.3 is 5.32 Å². The second-order valence-electron chi connectivity index (χ2n) is 7.70. The molecule has 0 aromatic heterocycles. The number of nitrogens with one attached hydrogen (secondary N) is 1. The Labute approximate surface area is 139 Å². The standard InChI is InChI=1S/C20H28N2O/c1-2-15-12-14-9-10-17(13-14)19(15)21-20(23)22-11-5-7-16-6-3-4-8-18(16)22/h3-4,6,8,14-15,17,19H,2,5,7,9-13H2,1H3,(H,21,23). The molecule has 0 radical (unpaired) electrons. The molecule has 1 heterocycles. The second kappa shape index (κ2) is 6.18. The molecule has 124 valence electrons. The van der Waals surface area contributed by atoms with Crippen molar-refractivity contribution in [2.75, 3.05) is 11.4 Å². The minimum absolute atomic E-state index is 0.131. The van der Waals surface area contributed by atoms with Crippen LogP contribution >= 0.6 is 0 Å². The summed E-state index contributed by atoms with van der Waals surface area (Å²) in [5.41, 5.74) is 2.43. The molecule has 2 saturated carbocycles. The summed E-state index contributed by atoms with van der Waals surface area (Å²) in [5.74, 6) is 2.31. The Bertz CT molecular complexity index is 585. The maximum Gasteiger partial charge on any atom is 0.322 e. The van der Waals surface area contributed by atoms with Crippen LogP contribution in [0.15, 0.2) is 24.3 Å². The molecule has 1 aromatic rings. The van der Waals surface area contributed by atoms with Crippen molar-refractivity contribution in [3.05, 3.63) is 29.8 Å². The molecule has 2 amide bonds. The molecule has 0 spiro atoms. The van der Waals surface area contributed by atoms with Crippen LogP contribution in [-0.4, -0.2) is 18.6 Å². The minimum atomic E-state index is 0.131. The average molecular weight is 312 g/mol. The van der Waals surface area contributed by atoms with Crippen LogP contribution in [0.4, 0.5) is 10.5 Å². The lowest BCUT2D eigenvalue weighted by Gasteiger charge is -2.39. The number of anilines is 1. The smallest absolute Gasteiger partial charge is 0.322 e. The van der Waals surface area contributed by atoms with Gasteiger partial charge in [-0.3, -0.25) is 4.90 Å². The molecule has 2 aliphatic carbocycles. The van der Waals surface area contributed by atoms with Gasteiger partial charge in [-0.2, -0.15) is 0 Å². The number of hydrogen-bond acceptors (Lipinski definition) is 1. The van der Waals surface area contributed by atoms with Gasteiger partial charge in [0.05, 0.1) is 0 Å². The molecule has 2 bridgehead atoms. The predicted molar refractivity (Wildman–Crippen MR) is 93.7 cm³/mol. The van der Waals surface area contributed by atoms with Gasteiger partial charge in [-0.25, -0.2) is 4.79 Å². The molecular weight excluding hydrogens is 284 g/mol. The fourth-order valence-electron chi connectivity index (χ4n) is 5.23. The second-order valence-corrected chi connectivity index (χ2v) is 7.70. The van der Waals surface area contributed by atoms with Gasteiger partial charge in [-0.1, -0.05) is 38.0 Å². The topological polar surface area (TPSA) is 32.3 Å². The number of para-hydroxylation sites is 1. The van der Waals surface area contributed by atoms with Crippen molar-refractivity contribution in [2.45, 2.75) is 57.9 Å². The summed E-state index contributed by atoms with van der Waals surface area (Å²) in [7, 11) is 0. The Balaban J connectivity index is 1.51. The number of rotatable bonds is 2. The fraction of sp³-hybridized carbons (Fsp3) is 0.650. The maximum atomic E-state index is 13.0. The lowest BCUT2D eigenvalue weighted by atomic mass is 9.75. The number of nitrogens with zero attached hydrogens (tertiary/aromatic N) is 1. The van der Waals surface area contributed by atoms with Crippen LogP contribution in [0.3, 0.4) is 0 Å².